The number of rotatable bonds is 8. The molecule has 0 saturated carbocycles. The summed E-state index contributed by atoms with van der Waals surface area (Å²) in [5, 5.41) is 13.8. The maximum atomic E-state index is 13.1. The summed E-state index contributed by atoms with van der Waals surface area (Å²) in [6.45, 7) is 8.05. The first kappa shape index (κ1) is 25.9. The molecular formula is C28H31N5O4S. The van der Waals surface area contributed by atoms with Crippen LogP contribution >= 0.6 is 11.3 Å². The minimum absolute atomic E-state index is 0.208. The molecule has 3 heterocycles. The molecule has 3 N–H and O–H groups in total. The maximum absolute atomic E-state index is 13.1. The molecule has 2 aromatic carbocycles. The number of aromatic amines is 1. The van der Waals surface area contributed by atoms with Gasteiger partial charge in [-0.1, -0.05) is 24.3 Å². The summed E-state index contributed by atoms with van der Waals surface area (Å²) in [5.41, 5.74) is 2.00. The second-order valence-electron chi connectivity index (χ2n) is 9.78. The molecule has 9 nitrogen and oxygen atoms in total. The predicted octanol–water partition coefficient (Wildman–Crippen LogP) is 4.38. The second kappa shape index (κ2) is 10.9. The third-order valence-corrected chi connectivity index (χ3v) is 7.69. The molecule has 198 valence electrons. The first-order valence-corrected chi connectivity index (χ1v) is 13.3. The van der Waals surface area contributed by atoms with E-state index in [-0.39, 0.29) is 11.8 Å². The minimum Gasteiger partial charge on any atom is -0.497 e. The van der Waals surface area contributed by atoms with Crippen molar-refractivity contribution in [2.24, 2.45) is 0 Å². The van der Waals surface area contributed by atoms with Crippen molar-refractivity contribution in [3.63, 3.8) is 0 Å². The zero-order chi connectivity index (χ0) is 26.7. The highest BCUT2D eigenvalue weighted by Crippen LogP contribution is 2.31. The third kappa shape index (κ3) is 5.72. The average Bonchev–Trinajstić information content (AvgIpc) is 3.51. The van der Waals surface area contributed by atoms with Crippen molar-refractivity contribution in [3.05, 3.63) is 76.2 Å². The number of fused-ring (bicyclic) bond motifs is 1. The van der Waals surface area contributed by atoms with Gasteiger partial charge in [0.15, 0.2) is 5.82 Å². The van der Waals surface area contributed by atoms with Gasteiger partial charge < -0.3 is 20.1 Å². The summed E-state index contributed by atoms with van der Waals surface area (Å²) in [6.07, 6.45) is 0. The van der Waals surface area contributed by atoms with Gasteiger partial charge in [-0.3, -0.25) is 19.6 Å². The highest BCUT2D eigenvalue weighted by atomic mass is 32.1. The van der Waals surface area contributed by atoms with Gasteiger partial charge in [0, 0.05) is 25.2 Å². The van der Waals surface area contributed by atoms with E-state index in [0.29, 0.717) is 26.5 Å². The predicted molar refractivity (Wildman–Crippen MR) is 148 cm³/mol. The highest BCUT2D eigenvalue weighted by Gasteiger charge is 2.26. The molecule has 5 rings (SSSR count). The summed E-state index contributed by atoms with van der Waals surface area (Å²) in [5.74, 6) is 0.658. The van der Waals surface area contributed by atoms with Crippen molar-refractivity contribution in [1.29, 1.82) is 0 Å². The molecule has 2 aromatic heterocycles. The van der Waals surface area contributed by atoms with Crippen molar-refractivity contribution >= 4 is 39.2 Å². The van der Waals surface area contributed by atoms with Crippen molar-refractivity contribution in [1.82, 2.24) is 20.4 Å². The summed E-state index contributed by atoms with van der Waals surface area (Å²) in [4.78, 5) is 29.6. The molecule has 2 amide bonds. The number of hydrogen-bond acceptors (Lipinski definition) is 7. The number of thiophene rings is 1. The van der Waals surface area contributed by atoms with Crippen LogP contribution in [-0.4, -0.2) is 60.3 Å². The normalized spacial score (nSPS) is 14.4. The number of nitrogens with zero attached hydrogens (tertiary/aromatic N) is 2. The van der Waals surface area contributed by atoms with Gasteiger partial charge in [0.25, 0.3) is 11.8 Å². The van der Waals surface area contributed by atoms with E-state index >= 15 is 0 Å². The van der Waals surface area contributed by atoms with Gasteiger partial charge in [0.05, 0.1) is 36.1 Å². The summed E-state index contributed by atoms with van der Waals surface area (Å²) >= 11 is 1.29. The molecule has 1 aliphatic heterocycles. The molecule has 1 fully saturated rings. The van der Waals surface area contributed by atoms with Crippen LogP contribution in [0.4, 0.5) is 5.82 Å². The zero-order valence-corrected chi connectivity index (χ0v) is 22.5. The second-order valence-corrected chi connectivity index (χ2v) is 10.8. The van der Waals surface area contributed by atoms with Gasteiger partial charge in [-0.25, -0.2) is 0 Å². The molecule has 0 atom stereocenters. The van der Waals surface area contributed by atoms with Crippen LogP contribution in [0.25, 0.3) is 10.2 Å². The number of hydrogen-bond donors (Lipinski definition) is 3. The topological polar surface area (TPSA) is 109 Å². The van der Waals surface area contributed by atoms with Gasteiger partial charge in [0.1, 0.15) is 10.6 Å². The lowest BCUT2D eigenvalue weighted by atomic mass is 9.94. The molecular weight excluding hydrogens is 502 g/mol. The molecule has 38 heavy (non-hydrogen) atoms. The van der Waals surface area contributed by atoms with Crippen LogP contribution in [0.5, 0.6) is 5.75 Å². The molecule has 0 unspecified atom stereocenters. The highest BCUT2D eigenvalue weighted by molar-refractivity contribution is 7.20. The molecule has 0 spiro atoms. The smallest absolute Gasteiger partial charge is 0.262 e. The van der Waals surface area contributed by atoms with E-state index in [2.05, 4.69) is 25.7 Å². The molecule has 4 aromatic rings. The van der Waals surface area contributed by atoms with E-state index in [1.165, 1.54) is 11.3 Å². The Kier molecular flexibility index (Phi) is 7.46. The van der Waals surface area contributed by atoms with Crippen LogP contribution < -0.4 is 15.4 Å². The Balaban J connectivity index is 1.25. The van der Waals surface area contributed by atoms with Gasteiger partial charge in [-0.05, 0) is 55.3 Å². The SMILES string of the molecule is COc1cccc(C(C)(C)NC(=O)c2cc3c(NC(=O)c4ccc(CN5CCOCC5)cc4)n[nH]c3s2)c1. The van der Waals surface area contributed by atoms with Gasteiger partial charge in [-0.2, -0.15) is 5.10 Å². The summed E-state index contributed by atoms with van der Waals surface area (Å²) < 4.78 is 10.7. The Morgan fingerprint density at radius 2 is 1.87 bits per heavy atom. The molecule has 10 heteroatoms. The first-order chi connectivity index (χ1) is 18.3. The fourth-order valence-electron chi connectivity index (χ4n) is 4.41. The van der Waals surface area contributed by atoms with Crippen LogP contribution in [0.3, 0.4) is 0 Å². The van der Waals surface area contributed by atoms with Crippen molar-refractivity contribution in [3.8, 4) is 5.75 Å². The van der Waals surface area contributed by atoms with Gasteiger partial charge in [0.2, 0.25) is 0 Å². The number of amides is 2. The molecule has 1 saturated heterocycles. The van der Waals surface area contributed by atoms with Crippen LogP contribution in [0.1, 0.15) is 45.0 Å². The Morgan fingerprint density at radius 3 is 2.61 bits per heavy atom. The van der Waals surface area contributed by atoms with E-state index in [0.717, 1.165) is 49.7 Å². The molecule has 0 bridgehead atoms. The Bertz CT molecular complexity index is 1440. The lowest BCUT2D eigenvalue weighted by Crippen LogP contribution is -2.40. The number of anilines is 1. The van der Waals surface area contributed by atoms with Gasteiger partial charge >= 0.3 is 0 Å². The van der Waals surface area contributed by atoms with E-state index < -0.39 is 5.54 Å². The number of benzene rings is 2. The molecule has 1 aliphatic rings. The standard InChI is InChI=1S/C28H31N5O4S/c1-28(2,20-5-4-6-21(15-20)36-3)30-26(35)23-16-22-24(31-32-27(22)38-23)29-25(34)19-9-7-18(8-10-19)17-33-11-13-37-14-12-33/h4-10,15-16H,11-14,17H2,1-3H3,(H,30,35)(H2,29,31,32,34). The van der Waals surface area contributed by atoms with Crippen LogP contribution in [0.15, 0.2) is 54.6 Å². The largest absolute Gasteiger partial charge is 0.497 e. The van der Waals surface area contributed by atoms with E-state index in [4.69, 9.17) is 9.47 Å². The van der Waals surface area contributed by atoms with Crippen LogP contribution in [0.2, 0.25) is 0 Å². The monoisotopic (exact) mass is 533 g/mol. The van der Waals surface area contributed by atoms with E-state index in [1.807, 2.05) is 62.4 Å². The average molecular weight is 534 g/mol. The number of aromatic nitrogens is 2. The third-order valence-electron chi connectivity index (χ3n) is 6.66. The molecule has 0 radical (unpaired) electrons. The van der Waals surface area contributed by atoms with Crippen LogP contribution in [0, 0.1) is 0 Å². The van der Waals surface area contributed by atoms with Gasteiger partial charge in [-0.15, -0.1) is 11.3 Å². The maximum Gasteiger partial charge on any atom is 0.262 e. The number of H-pyrrole nitrogens is 1. The van der Waals surface area contributed by atoms with E-state index in [9.17, 15) is 9.59 Å². The van der Waals surface area contributed by atoms with Crippen molar-refractivity contribution < 1.29 is 19.1 Å². The summed E-state index contributed by atoms with van der Waals surface area (Å²) in [6, 6.07) is 17.0. The fourth-order valence-corrected chi connectivity index (χ4v) is 5.31. The number of carbonyl (C=O) groups excluding carboxylic acids is 2. The van der Waals surface area contributed by atoms with Crippen molar-refractivity contribution in [2.75, 3.05) is 38.7 Å². The number of nitrogens with one attached hydrogen (secondary N) is 3. The number of methoxy groups -OCH3 is 1. The Hall–Kier alpha value is -3.73. The quantitative estimate of drug-likeness (QED) is 0.310. The lowest BCUT2D eigenvalue weighted by molar-refractivity contribution is 0.0342. The Morgan fingerprint density at radius 1 is 1.11 bits per heavy atom. The van der Waals surface area contributed by atoms with E-state index in [1.54, 1.807) is 13.2 Å². The number of morpholine rings is 1. The Labute approximate surface area is 225 Å². The van der Waals surface area contributed by atoms with Crippen molar-refractivity contribution in [2.45, 2.75) is 25.9 Å². The number of carbonyl (C=O) groups is 2. The van der Waals surface area contributed by atoms with Crippen LogP contribution in [-0.2, 0) is 16.8 Å². The molecule has 0 aliphatic carbocycles. The number of ether oxygens (including phenoxy) is 2. The summed E-state index contributed by atoms with van der Waals surface area (Å²) in [7, 11) is 1.62. The fraction of sp³-hybridized carbons (Fsp3) is 0.321. The minimum atomic E-state index is -0.618. The first-order valence-electron chi connectivity index (χ1n) is 12.5. The zero-order valence-electron chi connectivity index (χ0n) is 21.7. The lowest BCUT2D eigenvalue weighted by Gasteiger charge is -2.27.